The Balaban J connectivity index is 1.75. The predicted molar refractivity (Wildman–Crippen MR) is 71.7 cm³/mol. The van der Waals surface area contributed by atoms with Gasteiger partial charge >= 0.3 is 0 Å². The van der Waals surface area contributed by atoms with Gasteiger partial charge in [-0.05, 0) is 42.7 Å². The maximum absolute atomic E-state index is 12.3. The van der Waals surface area contributed by atoms with Crippen LogP contribution in [-0.4, -0.2) is 19.4 Å². The van der Waals surface area contributed by atoms with Crippen molar-refractivity contribution < 1.29 is 8.42 Å². The van der Waals surface area contributed by atoms with Gasteiger partial charge in [-0.1, -0.05) is 12.5 Å². The molecule has 5 nitrogen and oxygen atoms in total. The van der Waals surface area contributed by atoms with Crippen LogP contribution in [0, 0.1) is 11.8 Å². The average molecular weight is 281 g/mol. The van der Waals surface area contributed by atoms with E-state index in [0.717, 1.165) is 18.4 Å². The molecule has 2 aliphatic rings. The number of hydrogen-bond acceptors (Lipinski definition) is 4. The van der Waals surface area contributed by atoms with E-state index in [4.69, 9.17) is 5.73 Å². The SMILES string of the molecule is NCc1ccc(S(=O)(=O)NC2CC3CCC2C3)nc1. The van der Waals surface area contributed by atoms with Gasteiger partial charge < -0.3 is 5.73 Å². The van der Waals surface area contributed by atoms with Crippen molar-refractivity contribution in [3.63, 3.8) is 0 Å². The Bertz CT molecular complexity index is 556. The van der Waals surface area contributed by atoms with Gasteiger partial charge in [-0.25, -0.2) is 18.1 Å². The normalized spacial score (nSPS) is 29.8. The minimum absolute atomic E-state index is 0.0903. The van der Waals surface area contributed by atoms with Crippen LogP contribution in [0.2, 0.25) is 0 Å². The van der Waals surface area contributed by atoms with Crippen molar-refractivity contribution in [1.29, 1.82) is 0 Å². The van der Waals surface area contributed by atoms with Gasteiger partial charge in [0.15, 0.2) is 5.03 Å². The summed E-state index contributed by atoms with van der Waals surface area (Å²) in [4.78, 5) is 3.99. The van der Waals surface area contributed by atoms with Gasteiger partial charge in [0.25, 0.3) is 10.0 Å². The van der Waals surface area contributed by atoms with Crippen molar-refractivity contribution in [3.8, 4) is 0 Å². The fraction of sp³-hybridized carbons (Fsp3) is 0.615. The average Bonchev–Trinajstić information content (AvgIpc) is 3.00. The van der Waals surface area contributed by atoms with Crippen molar-refractivity contribution in [2.45, 2.75) is 43.3 Å². The third-order valence-corrected chi connectivity index (χ3v) is 5.76. The maximum Gasteiger partial charge on any atom is 0.258 e. The lowest BCUT2D eigenvalue weighted by atomic mass is 9.96. The second kappa shape index (κ2) is 4.85. The number of sulfonamides is 1. The first-order chi connectivity index (χ1) is 9.08. The van der Waals surface area contributed by atoms with E-state index >= 15 is 0 Å². The predicted octanol–water partition coefficient (Wildman–Crippen LogP) is 1.01. The first kappa shape index (κ1) is 13.0. The van der Waals surface area contributed by atoms with Crippen LogP contribution < -0.4 is 10.5 Å². The molecule has 3 atom stereocenters. The zero-order valence-corrected chi connectivity index (χ0v) is 11.6. The first-order valence-corrected chi connectivity index (χ1v) is 8.24. The van der Waals surface area contributed by atoms with Gasteiger partial charge in [-0.15, -0.1) is 0 Å². The minimum Gasteiger partial charge on any atom is -0.326 e. The second-order valence-corrected chi connectivity index (χ2v) is 7.27. The number of nitrogens with one attached hydrogen (secondary N) is 1. The van der Waals surface area contributed by atoms with E-state index in [-0.39, 0.29) is 11.1 Å². The molecule has 2 aliphatic carbocycles. The van der Waals surface area contributed by atoms with Crippen LogP contribution in [0.25, 0.3) is 0 Å². The van der Waals surface area contributed by atoms with Crippen molar-refractivity contribution in [2.24, 2.45) is 17.6 Å². The number of aromatic nitrogens is 1. The molecule has 2 saturated carbocycles. The van der Waals surface area contributed by atoms with E-state index in [2.05, 4.69) is 9.71 Å². The van der Waals surface area contributed by atoms with Crippen molar-refractivity contribution >= 4 is 10.0 Å². The number of nitrogens with zero attached hydrogens (tertiary/aromatic N) is 1. The Morgan fingerprint density at radius 2 is 2.16 bits per heavy atom. The Morgan fingerprint density at radius 1 is 1.32 bits per heavy atom. The molecule has 2 fully saturated rings. The smallest absolute Gasteiger partial charge is 0.258 e. The summed E-state index contributed by atoms with van der Waals surface area (Å²) in [6, 6.07) is 3.33. The van der Waals surface area contributed by atoms with E-state index < -0.39 is 10.0 Å². The van der Waals surface area contributed by atoms with E-state index in [1.807, 2.05) is 0 Å². The van der Waals surface area contributed by atoms with Crippen LogP contribution >= 0.6 is 0 Å². The number of pyridine rings is 1. The Labute approximate surface area is 113 Å². The Morgan fingerprint density at radius 3 is 2.68 bits per heavy atom. The van der Waals surface area contributed by atoms with Gasteiger partial charge in [0, 0.05) is 18.8 Å². The van der Waals surface area contributed by atoms with Crippen molar-refractivity contribution in [1.82, 2.24) is 9.71 Å². The third-order valence-electron chi connectivity index (χ3n) is 4.35. The molecule has 0 aromatic carbocycles. The monoisotopic (exact) mass is 281 g/mol. The van der Waals surface area contributed by atoms with Gasteiger partial charge in [-0.2, -0.15) is 0 Å². The first-order valence-electron chi connectivity index (χ1n) is 6.76. The topological polar surface area (TPSA) is 85.1 Å². The number of nitrogens with two attached hydrogens (primary N) is 1. The molecule has 0 radical (unpaired) electrons. The fourth-order valence-corrected chi connectivity index (χ4v) is 4.59. The molecule has 19 heavy (non-hydrogen) atoms. The van der Waals surface area contributed by atoms with E-state index in [1.165, 1.54) is 25.1 Å². The summed E-state index contributed by atoms with van der Waals surface area (Å²) >= 11 is 0. The van der Waals surface area contributed by atoms with Crippen LogP contribution in [0.1, 0.15) is 31.2 Å². The highest BCUT2D eigenvalue weighted by atomic mass is 32.2. The Kier molecular flexibility index (Phi) is 3.32. The second-order valence-electron chi connectivity index (χ2n) is 5.61. The summed E-state index contributed by atoms with van der Waals surface area (Å²) in [5, 5.41) is 0.0903. The van der Waals surface area contributed by atoms with Crippen LogP contribution in [0.3, 0.4) is 0 Å². The molecule has 3 rings (SSSR count). The van der Waals surface area contributed by atoms with Crippen LogP contribution in [0.4, 0.5) is 0 Å². The molecule has 1 aromatic rings. The summed E-state index contributed by atoms with van der Waals surface area (Å²) in [5.41, 5.74) is 6.31. The minimum atomic E-state index is -3.49. The molecule has 2 bridgehead atoms. The Hall–Kier alpha value is -0.980. The van der Waals surface area contributed by atoms with E-state index in [9.17, 15) is 8.42 Å². The van der Waals surface area contributed by atoms with Crippen LogP contribution in [0.5, 0.6) is 0 Å². The third kappa shape index (κ3) is 2.52. The summed E-state index contributed by atoms with van der Waals surface area (Å²) < 4.78 is 27.3. The molecule has 3 unspecified atom stereocenters. The molecule has 1 aromatic heterocycles. The lowest BCUT2D eigenvalue weighted by Crippen LogP contribution is -2.38. The highest BCUT2D eigenvalue weighted by Crippen LogP contribution is 2.44. The summed E-state index contributed by atoms with van der Waals surface area (Å²) in [7, 11) is -3.49. The molecule has 0 aliphatic heterocycles. The molecule has 1 heterocycles. The quantitative estimate of drug-likeness (QED) is 0.862. The number of hydrogen-bond donors (Lipinski definition) is 2. The zero-order valence-electron chi connectivity index (χ0n) is 10.7. The van der Waals surface area contributed by atoms with Gasteiger partial charge in [0.1, 0.15) is 0 Å². The van der Waals surface area contributed by atoms with Gasteiger partial charge in [-0.3, -0.25) is 0 Å². The molecule has 0 amide bonds. The fourth-order valence-electron chi connectivity index (χ4n) is 3.34. The summed E-state index contributed by atoms with van der Waals surface area (Å²) in [6.45, 7) is 0.368. The highest BCUT2D eigenvalue weighted by Gasteiger charge is 2.41. The number of fused-ring (bicyclic) bond motifs is 2. The van der Waals surface area contributed by atoms with E-state index in [0.29, 0.717) is 18.4 Å². The van der Waals surface area contributed by atoms with Crippen molar-refractivity contribution in [2.75, 3.05) is 0 Å². The van der Waals surface area contributed by atoms with Gasteiger partial charge in [0.2, 0.25) is 0 Å². The molecule has 0 saturated heterocycles. The number of rotatable bonds is 4. The molecule has 0 spiro atoms. The van der Waals surface area contributed by atoms with Crippen molar-refractivity contribution in [3.05, 3.63) is 23.9 Å². The molecular formula is C13H19N3O2S. The van der Waals surface area contributed by atoms with Gasteiger partial charge in [0.05, 0.1) is 0 Å². The van der Waals surface area contributed by atoms with Crippen LogP contribution in [-0.2, 0) is 16.6 Å². The van der Waals surface area contributed by atoms with Crippen LogP contribution in [0.15, 0.2) is 23.4 Å². The largest absolute Gasteiger partial charge is 0.326 e. The lowest BCUT2D eigenvalue weighted by molar-refractivity contribution is 0.390. The maximum atomic E-state index is 12.3. The standard InChI is InChI=1S/C13H19N3O2S/c14-7-10-2-4-13(15-8-10)19(17,18)16-12-6-9-1-3-11(12)5-9/h2,4,8-9,11-12,16H,1,3,5-7,14H2. The summed E-state index contributed by atoms with van der Waals surface area (Å²) in [6.07, 6.45) is 6.08. The highest BCUT2D eigenvalue weighted by molar-refractivity contribution is 7.89. The summed E-state index contributed by atoms with van der Waals surface area (Å²) in [5.74, 6) is 1.23. The molecule has 6 heteroatoms. The molecule has 3 N–H and O–H groups in total. The lowest BCUT2D eigenvalue weighted by Gasteiger charge is -2.22. The molecule has 104 valence electrons. The zero-order chi connectivity index (χ0) is 13.5. The molecular weight excluding hydrogens is 262 g/mol. The van der Waals surface area contributed by atoms with E-state index in [1.54, 1.807) is 6.07 Å².